The molecule has 1 nitrogen and oxygen atoms in total. The Labute approximate surface area is 114 Å². The zero-order valence-electron chi connectivity index (χ0n) is 13.2. The molecule has 106 valence electrons. The smallest absolute Gasteiger partial charge is 0.00179 e. The Hall–Kier alpha value is -0.0400. The van der Waals surface area contributed by atoms with Gasteiger partial charge in [-0.3, -0.25) is 0 Å². The van der Waals surface area contributed by atoms with Gasteiger partial charge in [0.15, 0.2) is 0 Å². The average molecular weight is 251 g/mol. The largest absolute Gasteiger partial charge is 0.328 e. The zero-order chi connectivity index (χ0) is 13.6. The maximum absolute atomic E-state index is 5.11. The third kappa shape index (κ3) is 2.76. The molecule has 0 aromatic carbocycles. The second-order valence-electron chi connectivity index (χ2n) is 8.73. The quantitative estimate of drug-likeness (QED) is 0.715. The van der Waals surface area contributed by atoms with Gasteiger partial charge < -0.3 is 5.73 Å². The molecular weight excluding hydrogens is 218 g/mol. The SMILES string of the molecule is CC(C)N.CCC12CC3CC(C)(CC(C)(C3)C1)C2. The molecule has 4 bridgehead atoms. The van der Waals surface area contributed by atoms with Gasteiger partial charge in [0.05, 0.1) is 0 Å². The van der Waals surface area contributed by atoms with Gasteiger partial charge in [-0.25, -0.2) is 0 Å². The molecule has 1 heteroatoms. The normalized spacial score (nSPS) is 49.2. The Morgan fingerprint density at radius 1 is 1.00 bits per heavy atom. The number of nitrogens with two attached hydrogens (primary N) is 1. The van der Waals surface area contributed by atoms with Crippen LogP contribution in [0.15, 0.2) is 0 Å². The maximum atomic E-state index is 5.11. The van der Waals surface area contributed by atoms with E-state index in [4.69, 9.17) is 5.73 Å². The van der Waals surface area contributed by atoms with Crippen molar-refractivity contribution < 1.29 is 0 Å². The second kappa shape index (κ2) is 4.51. The van der Waals surface area contributed by atoms with Crippen LogP contribution in [-0.2, 0) is 0 Å². The molecule has 4 aliphatic rings. The van der Waals surface area contributed by atoms with E-state index in [0.29, 0.717) is 6.04 Å². The summed E-state index contributed by atoms with van der Waals surface area (Å²) in [4.78, 5) is 0. The Morgan fingerprint density at radius 2 is 1.44 bits per heavy atom. The summed E-state index contributed by atoms with van der Waals surface area (Å²) in [6.07, 6.45) is 10.7. The van der Waals surface area contributed by atoms with Crippen molar-refractivity contribution in [2.24, 2.45) is 27.9 Å². The Morgan fingerprint density at radius 3 is 1.78 bits per heavy atom. The highest BCUT2D eigenvalue weighted by atomic mass is 14.6. The van der Waals surface area contributed by atoms with E-state index in [0.717, 1.165) is 22.2 Å². The third-order valence-corrected chi connectivity index (χ3v) is 5.49. The molecular formula is C17H33N. The lowest BCUT2D eigenvalue weighted by Gasteiger charge is -2.65. The van der Waals surface area contributed by atoms with Gasteiger partial charge in [-0.1, -0.05) is 41.0 Å². The van der Waals surface area contributed by atoms with Crippen LogP contribution in [0.5, 0.6) is 0 Å². The molecule has 0 saturated heterocycles. The summed E-state index contributed by atoms with van der Waals surface area (Å²) in [5, 5.41) is 0. The van der Waals surface area contributed by atoms with E-state index in [1.54, 1.807) is 32.1 Å². The topological polar surface area (TPSA) is 26.0 Å². The van der Waals surface area contributed by atoms with Crippen molar-refractivity contribution in [2.75, 3.05) is 0 Å². The van der Waals surface area contributed by atoms with Gasteiger partial charge in [0.1, 0.15) is 0 Å². The number of hydrogen-bond donors (Lipinski definition) is 1. The van der Waals surface area contributed by atoms with E-state index < -0.39 is 0 Å². The van der Waals surface area contributed by atoms with E-state index in [-0.39, 0.29) is 0 Å². The lowest BCUT2D eigenvalue weighted by Crippen LogP contribution is -2.54. The summed E-state index contributed by atoms with van der Waals surface area (Å²) in [6, 6.07) is 0.333. The summed E-state index contributed by atoms with van der Waals surface area (Å²) in [6.45, 7) is 11.5. The Kier molecular flexibility index (Phi) is 3.60. The summed E-state index contributed by atoms with van der Waals surface area (Å²) in [5.41, 5.74) is 7.33. The second-order valence-corrected chi connectivity index (χ2v) is 8.73. The molecule has 2 unspecified atom stereocenters. The average Bonchev–Trinajstić information content (AvgIpc) is 2.10. The fourth-order valence-corrected chi connectivity index (χ4v) is 6.08. The van der Waals surface area contributed by atoms with Gasteiger partial charge >= 0.3 is 0 Å². The van der Waals surface area contributed by atoms with Crippen molar-refractivity contribution in [3.05, 3.63) is 0 Å². The predicted octanol–water partition coefficient (Wildman–Crippen LogP) is 4.75. The summed E-state index contributed by atoms with van der Waals surface area (Å²) < 4.78 is 0. The van der Waals surface area contributed by atoms with Gasteiger partial charge in [-0.05, 0) is 66.7 Å². The van der Waals surface area contributed by atoms with E-state index in [1.807, 2.05) is 13.8 Å². The molecule has 0 aromatic heterocycles. The van der Waals surface area contributed by atoms with Gasteiger partial charge in [0.25, 0.3) is 0 Å². The number of rotatable bonds is 1. The minimum Gasteiger partial charge on any atom is -0.328 e. The fourth-order valence-electron chi connectivity index (χ4n) is 6.08. The fraction of sp³-hybridized carbons (Fsp3) is 1.00. The van der Waals surface area contributed by atoms with Crippen LogP contribution in [-0.4, -0.2) is 6.04 Å². The maximum Gasteiger partial charge on any atom is -0.00179 e. The summed E-state index contributed by atoms with van der Waals surface area (Å²) in [7, 11) is 0. The molecule has 4 aliphatic carbocycles. The molecule has 0 radical (unpaired) electrons. The van der Waals surface area contributed by atoms with E-state index in [1.165, 1.54) is 12.8 Å². The van der Waals surface area contributed by atoms with Gasteiger partial charge in [0.2, 0.25) is 0 Å². The van der Waals surface area contributed by atoms with Crippen LogP contribution in [0, 0.1) is 22.2 Å². The lowest BCUT2D eigenvalue weighted by molar-refractivity contribution is -0.145. The highest BCUT2D eigenvalue weighted by molar-refractivity contribution is 5.09. The van der Waals surface area contributed by atoms with Crippen molar-refractivity contribution in [1.29, 1.82) is 0 Å². The van der Waals surface area contributed by atoms with Crippen LogP contribution in [0.2, 0.25) is 0 Å². The molecule has 0 amide bonds. The first-order chi connectivity index (χ1) is 8.20. The van der Waals surface area contributed by atoms with Crippen LogP contribution >= 0.6 is 0 Å². The third-order valence-electron chi connectivity index (χ3n) is 5.49. The van der Waals surface area contributed by atoms with Crippen molar-refractivity contribution in [2.45, 2.75) is 85.6 Å². The van der Waals surface area contributed by atoms with Gasteiger partial charge in [-0.2, -0.15) is 0 Å². The van der Waals surface area contributed by atoms with Crippen molar-refractivity contribution in [1.82, 2.24) is 0 Å². The molecule has 18 heavy (non-hydrogen) atoms. The molecule has 4 saturated carbocycles. The highest BCUT2D eigenvalue weighted by Gasteiger charge is 2.59. The van der Waals surface area contributed by atoms with Crippen molar-refractivity contribution in [3.63, 3.8) is 0 Å². The molecule has 0 heterocycles. The Bertz CT molecular complexity index is 286. The van der Waals surface area contributed by atoms with E-state index >= 15 is 0 Å². The van der Waals surface area contributed by atoms with Crippen LogP contribution in [0.25, 0.3) is 0 Å². The number of hydrogen-bond acceptors (Lipinski definition) is 1. The first kappa shape index (κ1) is 14.4. The van der Waals surface area contributed by atoms with Crippen LogP contribution in [0.4, 0.5) is 0 Å². The summed E-state index contributed by atoms with van der Waals surface area (Å²) in [5.74, 6) is 1.08. The monoisotopic (exact) mass is 251 g/mol. The van der Waals surface area contributed by atoms with Crippen LogP contribution in [0.1, 0.15) is 79.6 Å². The first-order valence-corrected chi connectivity index (χ1v) is 7.96. The molecule has 0 aliphatic heterocycles. The molecule has 4 rings (SSSR count). The Balaban J connectivity index is 0.000000267. The lowest BCUT2D eigenvalue weighted by atomic mass is 9.40. The minimum absolute atomic E-state index is 0.333. The first-order valence-electron chi connectivity index (χ1n) is 7.96. The highest BCUT2D eigenvalue weighted by Crippen LogP contribution is 2.70. The summed E-state index contributed by atoms with van der Waals surface area (Å²) >= 11 is 0. The molecule has 2 atom stereocenters. The van der Waals surface area contributed by atoms with Crippen LogP contribution < -0.4 is 5.73 Å². The molecule has 2 N–H and O–H groups in total. The van der Waals surface area contributed by atoms with Crippen LogP contribution in [0.3, 0.4) is 0 Å². The van der Waals surface area contributed by atoms with Crippen molar-refractivity contribution >= 4 is 0 Å². The van der Waals surface area contributed by atoms with Crippen molar-refractivity contribution in [3.8, 4) is 0 Å². The minimum atomic E-state index is 0.333. The predicted molar refractivity (Wildman–Crippen MR) is 79.5 cm³/mol. The zero-order valence-corrected chi connectivity index (χ0v) is 13.2. The van der Waals surface area contributed by atoms with Gasteiger partial charge in [-0.15, -0.1) is 0 Å². The molecule has 0 spiro atoms. The molecule has 0 aromatic rings. The van der Waals surface area contributed by atoms with E-state index in [9.17, 15) is 0 Å². The standard InChI is InChI=1S/C14H24.C3H9N/c1-4-14-7-11-5-12(2,9-14)8-13(3,6-11)10-14;1-3(2)4/h11H,4-10H2,1-3H3;3H,4H2,1-2H3. The van der Waals surface area contributed by atoms with E-state index in [2.05, 4.69) is 20.8 Å². The molecule has 4 fully saturated rings. The van der Waals surface area contributed by atoms with Gasteiger partial charge in [0, 0.05) is 0 Å².